The number of halogens is 1. The van der Waals surface area contributed by atoms with Gasteiger partial charge in [-0.1, -0.05) is 56.6 Å². The van der Waals surface area contributed by atoms with Crippen molar-refractivity contribution in [3.63, 3.8) is 0 Å². The van der Waals surface area contributed by atoms with Crippen LogP contribution in [0, 0.1) is 0 Å². The Morgan fingerprint density at radius 2 is 1.54 bits per heavy atom. The predicted octanol–water partition coefficient (Wildman–Crippen LogP) is 5.84. The summed E-state index contributed by atoms with van der Waals surface area (Å²) in [6.45, 7) is 6.62. The molecule has 0 unspecified atom stereocenters. The van der Waals surface area contributed by atoms with Crippen LogP contribution in [-0.2, 0) is 5.41 Å². The average molecular weight is 338 g/mol. The summed E-state index contributed by atoms with van der Waals surface area (Å²) in [7, 11) is 0. The maximum absolute atomic E-state index is 5.94. The number of benzene rings is 2. The maximum Gasteiger partial charge on any atom is 0.134 e. The van der Waals surface area contributed by atoms with E-state index in [0.717, 1.165) is 22.8 Å². The van der Waals surface area contributed by atoms with Crippen LogP contribution in [0.3, 0.4) is 0 Å². The normalized spacial score (nSPS) is 11.3. The smallest absolute Gasteiger partial charge is 0.134 e. The molecule has 0 saturated heterocycles. The monoisotopic (exact) mass is 337 g/mol. The van der Waals surface area contributed by atoms with E-state index in [0.29, 0.717) is 5.02 Å². The molecular formula is C20H20ClN3. The summed E-state index contributed by atoms with van der Waals surface area (Å²) < 4.78 is 0. The molecule has 122 valence electrons. The van der Waals surface area contributed by atoms with Crippen molar-refractivity contribution in [3.8, 4) is 11.3 Å². The van der Waals surface area contributed by atoms with E-state index in [1.165, 1.54) is 5.56 Å². The molecule has 3 rings (SSSR count). The van der Waals surface area contributed by atoms with Crippen molar-refractivity contribution in [1.82, 2.24) is 9.97 Å². The standard InChI is InChI=1S/C20H20ClN3/c1-20(2,3)15-6-10-17(11-7-15)24-19-12-18(22-13-23-19)14-4-8-16(21)9-5-14/h4-13H,1-3H3,(H,22,23,24). The molecule has 4 heteroatoms. The van der Waals surface area contributed by atoms with Crippen LogP contribution in [0.4, 0.5) is 11.5 Å². The van der Waals surface area contributed by atoms with Gasteiger partial charge in [0, 0.05) is 22.3 Å². The lowest BCUT2D eigenvalue weighted by Gasteiger charge is -2.19. The molecule has 3 aromatic rings. The van der Waals surface area contributed by atoms with E-state index in [1.807, 2.05) is 30.3 Å². The van der Waals surface area contributed by atoms with E-state index in [9.17, 15) is 0 Å². The molecule has 0 aliphatic heterocycles. The van der Waals surface area contributed by atoms with Crippen molar-refractivity contribution in [2.45, 2.75) is 26.2 Å². The largest absolute Gasteiger partial charge is 0.340 e. The van der Waals surface area contributed by atoms with Crippen molar-refractivity contribution >= 4 is 23.1 Å². The Morgan fingerprint density at radius 3 is 2.17 bits per heavy atom. The van der Waals surface area contributed by atoms with Crippen molar-refractivity contribution < 1.29 is 0 Å². The minimum Gasteiger partial charge on any atom is -0.340 e. The lowest BCUT2D eigenvalue weighted by molar-refractivity contribution is 0.590. The fourth-order valence-corrected chi connectivity index (χ4v) is 2.53. The Hall–Kier alpha value is -2.39. The first kappa shape index (κ1) is 16.5. The number of nitrogens with one attached hydrogen (secondary N) is 1. The minimum absolute atomic E-state index is 0.148. The second kappa shape index (κ2) is 6.62. The summed E-state index contributed by atoms with van der Waals surface area (Å²) in [4.78, 5) is 8.63. The zero-order valence-electron chi connectivity index (χ0n) is 14.0. The number of hydrogen-bond donors (Lipinski definition) is 1. The summed E-state index contributed by atoms with van der Waals surface area (Å²) in [5, 5.41) is 4.04. The molecule has 0 aliphatic rings. The van der Waals surface area contributed by atoms with Gasteiger partial charge in [0.15, 0.2) is 0 Å². The summed E-state index contributed by atoms with van der Waals surface area (Å²) in [6, 6.07) is 18.0. The molecule has 0 atom stereocenters. The molecule has 0 bridgehead atoms. The summed E-state index contributed by atoms with van der Waals surface area (Å²) >= 11 is 5.94. The highest BCUT2D eigenvalue weighted by atomic mass is 35.5. The molecule has 0 spiro atoms. The third-order valence-corrected chi connectivity index (χ3v) is 4.08. The fraction of sp³-hybridized carbons (Fsp3) is 0.200. The van der Waals surface area contributed by atoms with Crippen LogP contribution in [0.25, 0.3) is 11.3 Å². The third kappa shape index (κ3) is 3.92. The van der Waals surface area contributed by atoms with Crippen LogP contribution < -0.4 is 5.32 Å². The van der Waals surface area contributed by atoms with Crippen LogP contribution in [0.5, 0.6) is 0 Å². The van der Waals surface area contributed by atoms with E-state index in [1.54, 1.807) is 6.33 Å². The number of hydrogen-bond acceptors (Lipinski definition) is 3. The Bertz CT molecular complexity index is 819. The molecule has 3 nitrogen and oxygen atoms in total. The van der Waals surface area contributed by atoms with Crippen molar-refractivity contribution in [1.29, 1.82) is 0 Å². The lowest BCUT2D eigenvalue weighted by atomic mass is 9.87. The first-order valence-corrected chi connectivity index (χ1v) is 8.25. The van der Waals surface area contributed by atoms with E-state index >= 15 is 0 Å². The first-order chi connectivity index (χ1) is 11.4. The van der Waals surface area contributed by atoms with Gasteiger partial charge >= 0.3 is 0 Å². The van der Waals surface area contributed by atoms with Gasteiger partial charge in [-0.05, 0) is 35.2 Å². The summed E-state index contributed by atoms with van der Waals surface area (Å²) in [5.74, 6) is 0.762. The van der Waals surface area contributed by atoms with Gasteiger partial charge in [-0.3, -0.25) is 0 Å². The first-order valence-electron chi connectivity index (χ1n) is 7.87. The fourth-order valence-electron chi connectivity index (χ4n) is 2.41. The Labute approximate surface area is 147 Å². The lowest BCUT2D eigenvalue weighted by Crippen LogP contribution is -2.10. The molecule has 0 amide bonds. The molecular weight excluding hydrogens is 318 g/mol. The summed E-state index contributed by atoms with van der Waals surface area (Å²) in [5.41, 5.74) is 4.32. The molecule has 1 heterocycles. The average Bonchev–Trinajstić information content (AvgIpc) is 2.55. The Morgan fingerprint density at radius 1 is 0.875 bits per heavy atom. The van der Waals surface area contributed by atoms with Gasteiger partial charge in [0.05, 0.1) is 5.69 Å². The molecule has 2 aromatic carbocycles. The predicted molar refractivity (Wildman–Crippen MR) is 101 cm³/mol. The second-order valence-electron chi connectivity index (χ2n) is 6.75. The van der Waals surface area contributed by atoms with Crippen molar-refractivity contribution in [3.05, 3.63) is 71.5 Å². The highest BCUT2D eigenvalue weighted by molar-refractivity contribution is 6.30. The number of rotatable bonds is 3. The quantitative estimate of drug-likeness (QED) is 0.652. The zero-order valence-corrected chi connectivity index (χ0v) is 14.8. The SMILES string of the molecule is CC(C)(C)c1ccc(Nc2cc(-c3ccc(Cl)cc3)ncn2)cc1. The maximum atomic E-state index is 5.94. The minimum atomic E-state index is 0.148. The van der Waals surface area contributed by atoms with Gasteiger partial charge in [0.2, 0.25) is 0 Å². The van der Waals surface area contributed by atoms with Crippen molar-refractivity contribution in [2.75, 3.05) is 5.32 Å². The van der Waals surface area contributed by atoms with Crippen LogP contribution in [0.15, 0.2) is 60.9 Å². The van der Waals surface area contributed by atoms with E-state index in [4.69, 9.17) is 11.6 Å². The highest BCUT2D eigenvalue weighted by Crippen LogP contribution is 2.26. The second-order valence-corrected chi connectivity index (χ2v) is 7.18. The van der Waals surface area contributed by atoms with Gasteiger partial charge in [0.1, 0.15) is 12.1 Å². The van der Waals surface area contributed by atoms with E-state index in [2.05, 4.69) is 60.3 Å². The molecule has 1 aromatic heterocycles. The number of nitrogens with zero attached hydrogens (tertiary/aromatic N) is 2. The van der Waals surface area contributed by atoms with Crippen LogP contribution in [-0.4, -0.2) is 9.97 Å². The van der Waals surface area contributed by atoms with Gasteiger partial charge in [0.25, 0.3) is 0 Å². The summed E-state index contributed by atoms with van der Waals surface area (Å²) in [6.07, 6.45) is 1.57. The third-order valence-electron chi connectivity index (χ3n) is 3.83. The van der Waals surface area contributed by atoms with E-state index in [-0.39, 0.29) is 5.41 Å². The molecule has 0 saturated carbocycles. The van der Waals surface area contributed by atoms with Gasteiger partial charge in [-0.25, -0.2) is 9.97 Å². The van der Waals surface area contributed by atoms with Gasteiger partial charge in [-0.15, -0.1) is 0 Å². The van der Waals surface area contributed by atoms with Crippen LogP contribution >= 0.6 is 11.6 Å². The molecule has 1 N–H and O–H groups in total. The molecule has 0 radical (unpaired) electrons. The van der Waals surface area contributed by atoms with E-state index < -0.39 is 0 Å². The topological polar surface area (TPSA) is 37.8 Å². The zero-order chi connectivity index (χ0) is 17.2. The van der Waals surface area contributed by atoms with Crippen LogP contribution in [0.2, 0.25) is 5.02 Å². The Kier molecular flexibility index (Phi) is 4.54. The van der Waals surface area contributed by atoms with Gasteiger partial charge < -0.3 is 5.32 Å². The highest BCUT2D eigenvalue weighted by Gasteiger charge is 2.12. The molecule has 0 aliphatic carbocycles. The van der Waals surface area contributed by atoms with Crippen molar-refractivity contribution in [2.24, 2.45) is 0 Å². The number of aromatic nitrogens is 2. The van der Waals surface area contributed by atoms with Crippen LogP contribution in [0.1, 0.15) is 26.3 Å². The van der Waals surface area contributed by atoms with Gasteiger partial charge in [-0.2, -0.15) is 0 Å². The number of anilines is 2. The molecule has 0 fully saturated rings. The Balaban J connectivity index is 1.81. The molecule has 24 heavy (non-hydrogen) atoms.